The molecule has 0 bridgehead atoms. The maximum Gasteiger partial charge on any atom is 0.283 e. The van der Waals surface area contributed by atoms with Crippen molar-refractivity contribution in [2.75, 3.05) is 0 Å². The number of hydrogen-bond donors (Lipinski definition) is 0. The molecule has 5 heteroatoms. The van der Waals surface area contributed by atoms with E-state index in [9.17, 15) is 0 Å². The van der Waals surface area contributed by atoms with Gasteiger partial charge in [-0.25, -0.2) is 4.98 Å². The van der Waals surface area contributed by atoms with Gasteiger partial charge in [0.05, 0.1) is 6.20 Å². The summed E-state index contributed by atoms with van der Waals surface area (Å²) in [4.78, 5) is 3.43. The molecule has 0 aliphatic carbocycles. The molecule has 1 rings (SSSR count). The van der Waals surface area contributed by atoms with Gasteiger partial charge in [0.1, 0.15) is 6.26 Å². The maximum atomic E-state index is 4.95. The molecule has 0 N–H and O–H groups in total. The third-order valence-electron chi connectivity index (χ3n) is 0.309. The maximum absolute atomic E-state index is 4.95. The molecule has 1 aromatic heterocycles. The number of halogens is 2. The van der Waals surface area contributed by atoms with Crippen LogP contribution in [0.2, 0.25) is 0 Å². The number of oxazole rings is 1. The summed E-state index contributed by atoms with van der Waals surface area (Å²) >= 11 is -0.931. The van der Waals surface area contributed by atoms with Gasteiger partial charge in [-0.15, -0.1) is 0 Å². The van der Waals surface area contributed by atoms with Gasteiger partial charge in [0.25, 0.3) is 6.39 Å². The van der Waals surface area contributed by atoms with Gasteiger partial charge in [-0.05, 0) is 0 Å². The minimum Gasteiger partial charge on any atom is -0.441 e. The first kappa shape index (κ1) is 8.41. The first-order valence-corrected chi connectivity index (χ1v) is 9.59. The van der Waals surface area contributed by atoms with Crippen LogP contribution in [0.25, 0.3) is 0 Å². The minimum atomic E-state index is -0.931. The number of aromatic nitrogens is 1. The monoisotopic (exact) mass is 202 g/mol. The zero-order valence-electron chi connectivity index (χ0n) is 3.97. The van der Waals surface area contributed by atoms with Gasteiger partial charge in [-0.1, -0.05) is 0 Å². The molecular formula is C3H2Cl2NOZn. The Labute approximate surface area is 62.9 Å². The van der Waals surface area contributed by atoms with Crippen molar-refractivity contribution in [3.05, 3.63) is 18.9 Å². The van der Waals surface area contributed by atoms with Crippen molar-refractivity contribution in [1.29, 1.82) is 0 Å². The average Bonchev–Trinajstić information content (AvgIpc) is 2.17. The van der Waals surface area contributed by atoms with Gasteiger partial charge in [0.15, 0.2) is 0 Å². The van der Waals surface area contributed by atoms with Crippen LogP contribution in [0.5, 0.6) is 0 Å². The second-order valence-corrected chi connectivity index (χ2v) is 5.35. The Balaban J connectivity index is 0.000000145. The van der Waals surface area contributed by atoms with Gasteiger partial charge in [0, 0.05) is 0 Å². The smallest absolute Gasteiger partial charge is 0.283 e. The quantitative estimate of drug-likeness (QED) is 0.603. The molecule has 2 nitrogen and oxygen atoms in total. The Morgan fingerprint density at radius 1 is 1.62 bits per heavy atom. The van der Waals surface area contributed by atoms with E-state index in [-0.39, 0.29) is 0 Å². The van der Waals surface area contributed by atoms with E-state index in [1.165, 1.54) is 12.5 Å². The number of rotatable bonds is 0. The van der Waals surface area contributed by atoms with E-state index in [1.54, 1.807) is 0 Å². The molecular weight excluding hydrogens is 202 g/mol. The van der Waals surface area contributed by atoms with Gasteiger partial charge in [-0.2, -0.15) is 0 Å². The Kier molecular flexibility index (Phi) is 7.80. The summed E-state index contributed by atoms with van der Waals surface area (Å²) < 4.78 is 4.35. The van der Waals surface area contributed by atoms with Crippen molar-refractivity contribution in [2.45, 2.75) is 0 Å². The van der Waals surface area contributed by atoms with Crippen molar-refractivity contribution in [3.63, 3.8) is 0 Å². The van der Waals surface area contributed by atoms with E-state index < -0.39 is 15.1 Å². The SMILES string of the molecule is [Cl][Zn][Cl].[c]1ncco1. The van der Waals surface area contributed by atoms with Crippen LogP contribution >= 0.6 is 19.4 Å². The van der Waals surface area contributed by atoms with Gasteiger partial charge < -0.3 is 4.42 Å². The molecule has 0 fully saturated rings. The topological polar surface area (TPSA) is 26.0 Å². The van der Waals surface area contributed by atoms with Crippen LogP contribution < -0.4 is 0 Å². The van der Waals surface area contributed by atoms with Crippen LogP contribution in [0.1, 0.15) is 0 Å². The molecule has 0 aliphatic rings. The zero-order valence-corrected chi connectivity index (χ0v) is 8.45. The summed E-state index contributed by atoms with van der Waals surface area (Å²) in [7, 11) is 9.90. The third-order valence-corrected chi connectivity index (χ3v) is 0.309. The zero-order chi connectivity index (χ0) is 6.24. The Morgan fingerprint density at radius 3 is 2.38 bits per heavy atom. The first-order chi connectivity index (χ1) is 3.91. The Morgan fingerprint density at radius 2 is 2.25 bits per heavy atom. The molecule has 0 saturated carbocycles. The average molecular weight is 204 g/mol. The fourth-order valence-electron chi connectivity index (χ4n) is 0.152. The van der Waals surface area contributed by atoms with Crippen LogP contribution in [0.3, 0.4) is 0 Å². The van der Waals surface area contributed by atoms with Crippen molar-refractivity contribution in [3.8, 4) is 0 Å². The number of nitrogens with zero attached hydrogens (tertiary/aromatic N) is 1. The van der Waals surface area contributed by atoms with E-state index in [2.05, 4.69) is 15.8 Å². The fraction of sp³-hybridized carbons (Fsp3) is 0. The first-order valence-electron chi connectivity index (χ1n) is 1.79. The van der Waals surface area contributed by atoms with Crippen LogP contribution in [-0.4, -0.2) is 4.98 Å². The van der Waals surface area contributed by atoms with Crippen LogP contribution in [-0.2, 0) is 15.1 Å². The van der Waals surface area contributed by atoms with Gasteiger partial charge >= 0.3 is 34.5 Å². The molecule has 0 atom stereocenters. The molecule has 41 valence electrons. The summed E-state index contributed by atoms with van der Waals surface area (Å²) in [5.41, 5.74) is 0. The number of hydrogen-bond acceptors (Lipinski definition) is 2. The van der Waals surface area contributed by atoms with Crippen molar-refractivity contribution < 1.29 is 19.6 Å². The Bertz CT molecular complexity index is 84.2. The minimum absolute atomic E-state index is 0.931. The van der Waals surface area contributed by atoms with Gasteiger partial charge in [0.2, 0.25) is 0 Å². The summed E-state index contributed by atoms with van der Waals surface area (Å²) in [6.45, 7) is 0. The summed E-state index contributed by atoms with van der Waals surface area (Å²) in [5.74, 6) is 0. The second kappa shape index (κ2) is 7.41. The predicted octanol–water partition coefficient (Wildman–Crippen LogP) is 1.85. The van der Waals surface area contributed by atoms with Crippen LogP contribution in [0, 0.1) is 6.39 Å². The van der Waals surface area contributed by atoms with E-state index >= 15 is 0 Å². The molecule has 0 saturated heterocycles. The van der Waals surface area contributed by atoms with Crippen LogP contribution in [0.15, 0.2) is 16.9 Å². The Hall–Kier alpha value is 0.413. The largest absolute Gasteiger partial charge is 0.441 e. The standard InChI is InChI=1S/C3H2NO.2ClH.Zn/c1-2-5-3-4-1;;;/h1-2H;2*1H;/q;;;+2/p-2. The molecule has 0 aromatic carbocycles. The molecule has 0 spiro atoms. The van der Waals surface area contributed by atoms with Crippen molar-refractivity contribution in [2.24, 2.45) is 0 Å². The summed E-state index contributed by atoms with van der Waals surface area (Å²) in [5, 5.41) is 0. The summed E-state index contributed by atoms with van der Waals surface area (Å²) in [6.07, 6.45) is 5.22. The second-order valence-electron chi connectivity index (χ2n) is 0.724. The van der Waals surface area contributed by atoms with E-state index in [4.69, 9.17) is 19.4 Å². The molecule has 0 amide bonds. The summed E-state index contributed by atoms with van der Waals surface area (Å²) in [6, 6.07) is 0. The molecule has 1 heterocycles. The van der Waals surface area contributed by atoms with Crippen molar-refractivity contribution >= 4 is 19.4 Å². The molecule has 0 unspecified atom stereocenters. The predicted molar refractivity (Wildman–Crippen MR) is 27.0 cm³/mol. The molecule has 1 radical (unpaired) electrons. The van der Waals surface area contributed by atoms with Gasteiger partial charge in [-0.3, -0.25) is 0 Å². The fourth-order valence-corrected chi connectivity index (χ4v) is 0.152. The molecule has 8 heavy (non-hydrogen) atoms. The van der Waals surface area contributed by atoms with E-state index in [0.29, 0.717) is 0 Å². The molecule has 0 aliphatic heterocycles. The van der Waals surface area contributed by atoms with Crippen LogP contribution in [0.4, 0.5) is 0 Å². The van der Waals surface area contributed by atoms with Crippen molar-refractivity contribution in [1.82, 2.24) is 4.98 Å². The third kappa shape index (κ3) is 6.41. The molecule has 1 aromatic rings. The van der Waals surface area contributed by atoms with E-state index in [0.717, 1.165) is 0 Å². The normalized spacial score (nSPS) is 6.25. The van der Waals surface area contributed by atoms with E-state index in [1.807, 2.05) is 0 Å².